The van der Waals surface area contributed by atoms with E-state index in [4.69, 9.17) is 4.74 Å². The van der Waals surface area contributed by atoms with Crippen LogP contribution in [0.4, 0.5) is 0 Å². The van der Waals surface area contributed by atoms with Crippen LogP contribution < -0.4 is 4.74 Å². The van der Waals surface area contributed by atoms with Gasteiger partial charge in [0.05, 0.1) is 12.8 Å². The predicted octanol–water partition coefficient (Wildman–Crippen LogP) is 3.69. The highest BCUT2D eigenvalue weighted by Gasteiger charge is 2.28. The highest BCUT2D eigenvalue weighted by atomic mass is 16.5. The first-order valence-corrected chi connectivity index (χ1v) is 11.2. The van der Waals surface area contributed by atoms with Gasteiger partial charge in [-0.05, 0) is 43.9 Å². The average Bonchev–Trinajstić information content (AvgIpc) is 3.20. The van der Waals surface area contributed by atoms with Crippen LogP contribution in [0.2, 0.25) is 0 Å². The van der Waals surface area contributed by atoms with Gasteiger partial charge in [0.1, 0.15) is 0 Å². The Morgan fingerprint density at radius 3 is 2.66 bits per heavy atom. The number of allylic oxidation sites excluding steroid dienone is 1. The molecule has 1 fully saturated rings. The van der Waals surface area contributed by atoms with Crippen molar-refractivity contribution in [1.82, 2.24) is 14.5 Å². The summed E-state index contributed by atoms with van der Waals surface area (Å²) in [4.78, 5) is 43.7. The molecule has 0 saturated carbocycles. The average molecular weight is 436 g/mol. The summed E-state index contributed by atoms with van der Waals surface area (Å²) in [6, 6.07) is 5.31. The Morgan fingerprint density at radius 2 is 1.97 bits per heavy atom. The second-order valence-electron chi connectivity index (χ2n) is 8.59. The Bertz CT molecular complexity index is 1040. The molecule has 1 aliphatic heterocycles. The smallest absolute Gasteiger partial charge is 0.222 e. The van der Waals surface area contributed by atoms with Gasteiger partial charge < -0.3 is 14.2 Å². The fourth-order valence-electron chi connectivity index (χ4n) is 4.56. The molecule has 2 aromatic heterocycles. The number of piperidine rings is 1. The second-order valence-corrected chi connectivity index (χ2v) is 8.59. The van der Waals surface area contributed by atoms with E-state index < -0.39 is 0 Å². The van der Waals surface area contributed by atoms with Gasteiger partial charge in [-0.2, -0.15) is 0 Å². The number of pyridine rings is 1. The van der Waals surface area contributed by atoms with E-state index in [0.29, 0.717) is 50.2 Å². The van der Waals surface area contributed by atoms with E-state index >= 15 is 0 Å². The van der Waals surface area contributed by atoms with Crippen molar-refractivity contribution >= 4 is 23.5 Å². The van der Waals surface area contributed by atoms with E-state index in [1.165, 1.54) is 0 Å². The molecule has 7 nitrogen and oxygen atoms in total. The van der Waals surface area contributed by atoms with Crippen LogP contribution in [0.3, 0.4) is 0 Å². The van der Waals surface area contributed by atoms with E-state index in [0.717, 1.165) is 29.7 Å². The van der Waals surface area contributed by atoms with Crippen LogP contribution in [0.5, 0.6) is 5.88 Å². The number of Topliss-reactive ketones (excluding diaryl/α,β-unsaturated/α-hetero) is 2. The number of hydrogen-bond acceptors (Lipinski definition) is 5. The largest absolute Gasteiger partial charge is 0.481 e. The molecule has 2 aliphatic rings. The van der Waals surface area contributed by atoms with Gasteiger partial charge in [-0.3, -0.25) is 14.4 Å². The van der Waals surface area contributed by atoms with Crippen LogP contribution in [0, 0.1) is 5.92 Å². The molecule has 1 amide bonds. The van der Waals surface area contributed by atoms with Gasteiger partial charge in [-0.1, -0.05) is 5.57 Å². The maximum atomic E-state index is 12.7. The fourth-order valence-corrected chi connectivity index (χ4v) is 4.56. The normalized spacial score (nSPS) is 16.5. The standard InChI is InChI=1S/C25H29N3O4/c1-27-11-10-20-21(27)14-17(15-22(20)29)4-3-5-24(30)28-12-8-18(9-13-28)25(31)19-6-7-23(32-2)26-16-19/h6-7,10-11,14,16,18H,3-5,8-9,12-13,15H2,1-2H3. The summed E-state index contributed by atoms with van der Waals surface area (Å²) in [5.74, 6) is 0.778. The molecular formula is C25H29N3O4. The first-order chi connectivity index (χ1) is 15.5. The number of carbonyl (C=O) groups is 3. The third kappa shape index (κ3) is 4.66. The molecule has 1 aliphatic carbocycles. The van der Waals surface area contributed by atoms with Crippen molar-refractivity contribution in [3.05, 3.63) is 53.0 Å². The summed E-state index contributed by atoms with van der Waals surface area (Å²) in [5, 5.41) is 0. The number of carbonyl (C=O) groups excluding carboxylic acids is 3. The van der Waals surface area contributed by atoms with E-state index in [1.807, 2.05) is 28.8 Å². The van der Waals surface area contributed by atoms with Gasteiger partial charge in [-0.25, -0.2) is 4.98 Å². The summed E-state index contributed by atoms with van der Waals surface area (Å²) in [6.07, 6.45) is 9.29. The fraction of sp³-hybridized carbons (Fsp3) is 0.440. The quantitative estimate of drug-likeness (QED) is 0.620. The van der Waals surface area contributed by atoms with E-state index in [2.05, 4.69) is 11.1 Å². The minimum Gasteiger partial charge on any atom is -0.481 e. The lowest BCUT2D eigenvalue weighted by molar-refractivity contribution is -0.132. The lowest BCUT2D eigenvalue weighted by atomic mass is 9.89. The number of fused-ring (bicyclic) bond motifs is 1. The van der Waals surface area contributed by atoms with Crippen LogP contribution in [0.1, 0.15) is 64.9 Å². The zero-order valence-corrected chi connectivity index (χ0v) is 18.7. The third-order valence-electron chi connectivity index (χ3n) is 6.49. The maximum absolute atomic E-state index is 12.7. The molecule has 0 spiro atoms. The Hall–Kier alpha value is -3.22. The van der Waals surface area contributed by atoms with Crippen LogP contribution in [-0.2, 0) is 11.8 Å². The van der Waals surface area contributed by atoms with Crippen LogP contribution >= 0.6 is 0 Å². The number of aryl methyl sites for hydroxylation is 1. The number of rotatable bonds is 7. The van der Waals surface area contributed by atoms with Crippen LogP contribution in [0.15, 0.2) is 36.2 Å². The first-order valence-electron chi connectivity index (χ1n) is 11.2. The van der Waals surface area contributed by atoms with Gasteiger partial charge in [0.15, 0.2) is 11.6 Å². The number of hydrogen-bond donors (Lipinski definition) is 0. The summed E-state index contributed by atoms with van der Waals surface area (Å²) in [6.45, 7) is 1.21. The number of aromatic nitrogens is 2. The van der Waals surface area contributed by atoms with E-state index in [1.54, 1.807) is 25.4 Å². The molecule has 0 radical (unpaired) electrons. The number of likely N-dealkylation sites (tertiary alicyclic amines) is 1. The lowest BCUT2D eigenvalue weighted by Gasteiger charge is -2.31. The number of ether oxygens (including phenoxy) is 1. The maximum Gasteiger partial charge on any atom is 0.222 e. The molecule has 7 heteroatoms. The number of amides is 1. The number of ketones is 2. The molecule has 168 valence electrons. The van der Waals surface area contributed by atoms with Crippen molar-refractivity contribution in [3.8, 4) is 5.88 Å². The molecule has 0 atom stereocenters. The summed E-state index contributed by atoms with van der Waals surface area (Å²) in [7, 11) is 3.48. The Morgan fingerprint density at radius 1 is 1.19 bits per heavy atom. The molecule has 0 unspecified atom stereocenters. The Kier molecular flexibility index (Phi) is 6.53. The SMILES string of the molecule is COc1ccc(C(=O)C2CCN(C(=O)CCCC3=Cc4c(ccn4C)C(=O)C3)CC2)cn1. The summed E-state index contributed by atoms with van der Waals surface area (Å²) in [5.41, 5.74) is 3.43. The van der Waals surface area contributed by atoms with Gasteiger partial charge in [-0.15, -0.1) is 0 Å². The van der Waals surface area contributed by atoms with Gasteiger partial charge in [0.2, 0.25) is 11.8 Å². The zero-order valence-electron chi connectivity index (χ0n) is 18.7. The molecule has 3 heterocycles. The highest BCUT2D eigenvalue weighted by molar-refractivity contribution is 6.03. The molecule has 1 saturated heterocycles. The number of methoxy groups -OCH3 is 1. The molecule has 0 aromatic carbocycles. The monoisotopic (exact) mass is 435 g/mol. The molecule has 2 aromatic rings. The molecule has 32 heavy (non-hydrogen) atoms. The van der Waals surface area contributed by atoms with Gasteiger partial charge in [0, 0.05) is 68.5 Å². The molecular weight excluding hydrogens is 406 g/mol. The Balaban J connectivity index is 1.23. The van der Waals surface area contributed by atoms with Crippen LogP contribution in [0.25, 0.3) is 6.08 Å². The van der Waals surface area contributed by atoms with Crippen molar-refractivity contribution < 1.29 is 19.1 Å². The first kappa shape index (κ1) is 22.0. The highest BCUT2D eigenvalue weighted by Crippen LogP contribution is 2.28. The number of nitrogens with zero attached hydrogens (tertiary/aromatic N) is 3. The van der Waals surface area contributed by atoms with Crippen molar-refractivity contribution in [2.24, 2.45) is 13.0 Å². The molecule has 4 rings (SSSR count). The molecule has 0 bridgehead atoms. The summed E-state index contributed by atoms with van der Waals surface area (Å²) >= 11 is 0. The van der Waals surface area contributed by atoms with E-state index in [9.17, 15) is 14.4 Å². The second kappa shape index (κ2) is 9.51. The van der Waals surface area contributed by atoms with E-state index in [-0.39, 0.29) is 23.4 Å². The molecule has 0 N–H and O–H groups in total. The van der Waals surface area contributed by atoms with Crippen LogP contribution in [-0.4, -0.2) is 52.1 Å². The van der Waals surface area contributed by atoms with Crippen molar-refractivity contribution in [3.63, 3.8) is 0 Å². The topological polar surface area (TPSA) is 81.5 Å². The lowest BCUT2D eigenvalue weighted by Crippen LogP contribution is -2.40. The third-order valence-corrected chi connectivity index (χ3v) is 6.49. The zero-order chi connectivity index (χ0) is 22.7. The van der Waals surface area contributed by atoms with Crippen molar-refractivity contribution in [2.45, 2.75) is 38.5 Å². The van der Waals surface area contributed by atoms with Gasteiger partial charge >= 0.3 is 0 Å². The minimum absolute atomic E-state index is 0.0767. The van der Waals surface area contributed by atoms with Gasteiger partial charge in [0.25, 0.3) is 0 Å². The Labute approximate surface area is 188 Å². The van der Waals surface area contributed by atoms with Crippen molar-refractivity contribution in [1.29, 1.82) is 0 Å². The minimum atomic E-state index is -0.0767. The summed E-state index contributed by atoms with van der Waals surface area (Å²) < 4.78 is 7.00. The van der Waals surface area contributed by atoms with Crippen molar-refractivity contribution in [2.75, 3.05) is 20.2 Å². The predicted molar refractivity (Wildman–Crippen MR) is 121 cm³/mol.